The molecule has 196 valence electrons. The fraction of sp³-hybridized carbons (Fsp3) is 0.114. The van der Waals surface area contributed by atoms with Gasteiger partial charge < -0.3 is 19.7 Å². The Morgan fingerprint density at radius 3 is 1.98 bits per heavy atom. The third-order valence-corrected chi connectivity index (χ3v) is 7.82. The average Bonchev–Trinajstić information content (AvgIpc) is 3.28. The summed E-state index contributed by atoms with van der Waals surface area (Å²) in [7, 11) is 4.03. The van der Waals surface area contributed by atoms with Gasteiger partial charge in [-0.25, -0.2) is 4.79 Å². The van der Waals surface area contributed by atoms with Gasteiger partial charge in [0.25, 0.3) is 0 Å². The van der Waals surface area contributed by atoms with Crippen LogP contribution in [0, 0.1) is 6.92 Å². The van der Waals surface area contributed by atoms with Gasteiger partial charge in [0.05, 0.1) is 11.3 Å². The Morgan fingerprint density at radius 1 is 0.750 bits per heavy atom. The maximum absolute atomic E-state index is 14.1. The Kier molecular flexibility index (Phi) is 5.42. The number of aryl methyl sites for hydroxylation is 1. The summed E-state index contributed by atoms with van der Waals surface area (Å²) in [6, 6.07) is 36.0. The molecule has 7 rings (SSSR count). The van der Waals surface area contributed by atoms with Crippen molar-refractivity contribution in [1.29, 1.82) is 0 Å². The fourth-order valence-electron chi connectivity index (χ4n) is 5.95. The zero-order valence-electron chi connectivity index (χ0n) is 22.6. The maximum atomic E-state index is 14.1. The molecule has 0 saturated carbocycles. The van der Waals surface area contributed by atoms with Crippen LogP contribution >= 0.6 is 0 Å². The van der Waals surface area contributed by atoms with E-state index < -0.39 is 5.60 Å². The van der Waals surface area contributed by atoms with E-state index in [-0.39, 0.29) is 5.97 Å². The minimum Gasteiger partial charge on any atom is -0.456 e. The zero-order chi connectivity index (χ0) is 27.4. The summed E-state index contributed by atoms with van der Waals surface area (Å²) in [6.45, 7) is 2.08. The summed E-state index contributed by atoms with van der Waals surface area (Å²) in [5.74, 6) is 0.987. The third kappa shape index (κ3) is 3.51. The SMILES string of the molecule is Cc1cc(-c2ccc(N(C)C)cc2)c2c(c1Nc1ccccc1)C1(OC2=O)c2ccccc2Oc2ccccc21. The van der Waals surface area contributed by atoms with Crippen molar-refractivity contribution in [2.24, 2.45) is 0 Å². The second-order valence-corrected chi connectivity index (χ2v) is 10.5. The van der Waals surface area contributed by atoms with E-state index in [0.717, 1.165) is 50.4 Å². The van der Waals surface area contributed by atoms with Crippen molar-refractivity contribution in [2.75, 3.05) is 24.3 Å². The van der Waals surface area contributed by atoms with E-state index >= 15 is 0 Å². The number of carbonyl (C=O) groups is 1. The van der Waals surface area contributed by atoms with Crippen molar-refractivity contribution in [2.45, 2.75) is 12.5 Å². The van der Waals surface area contributed by atoms with Gasteiger partial charge in [0.2, 0.25) is 0 Å². The number of nitrogens with zero attached hydrogens (tertiary/aromatic N) is 1. The molecule has 0 aliphatic carbocycles. The first-order valence-electron chi connectivity index (χ1n) is 13.4. The molecule has 5 aromatic carbocycles. The normalized spacial score (nSPS) is 14.0. The second-order valence-electron chi connectivity index (χ2n) is 10.5. The Bertz CT molecular complexity index is 1730. The minimum absolute atomic E-state index is 0.357. The van der Waals surface area contributed by atoms with Gasteiger partial charge in [0, 0.05) is 42.2 Å². The molecule has 40 heavy (non-hydrogen) atoms. The number of carbonyl (C=O) groups excluding carboxylic acids is 1. The molecular weight excluding hydrogens is 496 g/mol. The van der Waals surface area contributed by atoms with Crippen LogP contribution in [0.2, 0.25) is 0 Å². The number of para-hydroxylation sites is 3. The van der Waals surface area contributed by atoms with Crippen LogP contribution < -0.4 is 15.0 Å². The van der Waals surface area contributed by atoms with Gasteiger partial charge in [-0.2, -0.15) is 0 Å². The topological polar surface area (TPSA) is 50.8 Å². The van der Waals surface area contributed by atoms with Crippen LogP contribution in [-0.2, 0) is 10.3 Å². The lowest BCUT2D eigenvalue weighted by Crippen LogP contribution is -2.33. The number of ether oxygens (including phenoxy) is 2. The highest BCUT2D eigenvalue weighted by Crippen LogP contribution is 2.59. The fourth-order valence-corrected chi connectivity index (χ4v) is 5.95. The Morgan fingerprint density at radius 2 is 1.35 bits per heavy atom. The smallest absolute Gasteiger partial charge is 0.340 e. The van der Waals surface area contributed by atoms with E-state index in [0.29, 0.717) is 17.1 Å². The van der Waals surface area contributed by atoms with Crippen LogP contribution in [-0.4, -0.2) is 20.1 Å². The molecule has 1 spiro atoms. The molecule has 0 unspecified atom stereocenters. The first-order valence-corrected chi connectivity index (χ1v) is 13.4. The molecule has 5 heteroatoms. The molecule has 0 bridgehead atoms. The van der Waals surface area contributed by atoms with Crippen LogP contribution in [0.4, 0.5) is 17.1 Å². The molecule has 5 aromatic rings. The zero-order valence-corrected chi connectivity index (χ0v) is 22.6. The van der Waals surface area contributed by atoms with Gasteiger partial charge in [-0.15, -0.1) is 0 Å². The van der Waals surface area contributed by atoms with Gasteiger partial charge in [0.1, 0.15) is 11.5 Å². The van der Waals surface area contributed by atoms with Crippen molar-refractivity contribution in [1.82, 2.24) is 0 Å². The molecule has 2 aliphatic heterocycles. The number of rotatable bonds is 4. The van der Waals surface area contributed by atoms with E-state index in [1.54, 1.807) is 0 Å². The van der Waals surface area contributed by atoms with Crippen LogP contribution in [0.3, 0.4) is 0 Å². The number of anilines is 3. The van der Waals surface area contributed by atoms with Crippen molar-refractivity contribution >= 4 is 23.0 Å². The predicted molar refractivity (Wildman–Crippen MR) is 159 cm³/mol. The quantitative estimate of drug-likeness (QED) is 0.241. The van der Waals surface area contributed by atoms with E-state index in [1.165, 1.54) is 0 Å². The Labute approximate surface area is 233 Å². The van der Waals surface area contributed by atoms with Crippen LogP contribution in [0.1, 0.15) is 32.6 Å². The number of esters is 1. The molecule has 0 fully saturated rings. The molecule has 0 amide bonds. The van der Waals surface area contributed by atoms with Gasteiger partial charge in [0.15, 0.2) is 5.60 Å². The summed E-state index contributed by atoms with van der Waals surface area (Å²) in [5, 5.41) is 3.65. The lowest BCUT2D eigenvalue weighted by molar-refractivity contribution is 0.0226. The van der Waals surface area contributed by atoms with Crippen LogP contribution in [0.5, 0.6) is 11.5 Å². The highest BCUT2D eigenvalue weighted by Gasteiger charge is 2.56. The molecule has 0 saturated heterocycles. The van der Waals surface area contributed by atoms with Crippen LogP contribution in [0.15, 0.2) is 109 Å². The van der Waals surface area contributed by atoms with Crippen molar-refractivity contribution < 1.29 is 14.3 Å². The van der Waals surface area contributed by atoms with E-state index in [4.69, 9.17) is 9.47 Å². The van der Waals surface area contributed by atoms with E-state index in [2.05, 4.69) is 47.5 Å². The van der Waals surface area contributed by atoms with Gasteiger partial charge >= 0.3 is 5.97 Å². The monoisotopic (exact) mass is 524 g/mol. The van der Waals surface area contributed by atoms with E-state index in [9.17, 15) is 4.79 Å². The molecule has 0 radical (unpaired) electrons. The number of fused-ring (bicyclic) bond motifs is 6. The lowest BCUT2D eigenvalue weighted by Gasteiger charge is -2.37. The first-order chi connectivity index (χ1) is 19.5. The second kappa shape index (κ2) is 9.02. The Balaban J connectivity index is 1.57. The third-order valence-electron chi connectivity index (χ3n) is 7.82. The summed E-state index contributed by atoms with van der Waals surface area (Å²) in [5.41, 5.74) is 7.47. The largest absolute Gasteiger partial charge is 0.456 e. The van der Waals surface area contributed by atoms with Gasteiger partial charge in [-0.05, 0) is 66.1 Å². The first kappa shape index (κ1) is 24.0. The van der Waals surface area contributed by atoms with Crippen LogP contribution in [0.25, 0.3) is 11.1 Å². The van der Waals surface area contributed by atoms with Crippen molar-refractivity contribution in [3.05, 3.63) is 137 Å². The summed E-state index contributed by atoms with van der Waals surface area (Å²) in [4.78, 5) is 16.2. The number of hydrogen-bond acceptors (Lipinski definition) is 5. The summed E-state index contributed by atoms with van der Waals surface area (Å²) >= 11 is 0. The van der Waals surface area contributed by atoms with Crippen molar-refractivity contribution in [3.63, 3.8) is 0 Å². The van der Waals surface area contributed by atoms with Crippen molar-refractivity contribution in [3.8, 4) is 22.6 Å². The highest BCUT2D eigenvalue weighted by atomic mass is 16.6. The average molecular weight is 525 g/mol. The van der Waals surface area contributed by atoms with Gasteiger partial charge in [-0.3, -0.25) is 0 Å². The van der Waals surface area contributed by atoms with Gasteiger partial charge in [-0.1, -0.05) is 66.7 Å². The summed E-state index contributed by atoms with van der Waals surface area (Å²) < 4.78 is 12.9. The molecule has 0 atom stereocenters. The molecule has 0 aromatic heterocycles. The molecule has 5 nitrogen and oxygen atoms in total. The standard InChI is InChI=1S/C35H28N2O3/c1-22-21-26(23-17-19-25(20-18-23)37(2)3)31-32(33(22)36-24-11-5-4-6-12-24)35(40-34(31)38)27-13-7-9-15-29(27)39-30-16-10-8-14-28(30)35/h4-21,36H,1-3H3. The molecule has 2 aliphatic rings. The maximum Gasteiger partial charge on any atom is 0.340 e. The molecule has 2 heterocycles. The highest BCUT2D eigenvalue weighted by molar-refractivity contribution is 6.06. The number of nitrogens with one attached hydrogen (secondary N) is 1. The number of hydrogen-bond donors (Lipinski definition) is 1. The molecular formula is C35H28N2O3. The Hall–Kier alpha value is -5.03. The number of benzene rings is 5. The minimum atomic E-state index is -1.18. The molecule has 1 N–H and O–H groups in total. The predicted octanol–water partition coefficient (Wildman–Crippen LogP) is 8.04. The summed E-state index contributed by atoms with van der Waals surface area (Å²) in [6.07, 6.45) is 0. The van der Waals surface area contributed by atoms with E-state index in [1.807, 2.05) is 93.0 Å². The lowest BCUT2D eigenvalue weighted by atomic mass is 9.75.